The van der Waals surface area contributed by atoms with Crippen LogP contribution in [-0.2, 0) is 25.5 Å². The molecule has 0 spiro atoms. The van der Waals surface area contributed by atoms with Gasteiger partial charge in [0.25, 0.3) is 0 Å². The van der Waals surface area contributed by atoms with Crippen LogP contribution in [0.3, 0.4) is 0 Å². The molecule has 4 aromatic rings. The van der Waals surface area contributed by atoms with Gasteiger partial charge >= 0.3 is 11.9 Å². The summed E-state index contributed by atoms with van der Waals surface area (Å²) in [6, 6.07) is 26.1. The Kier molecular flexibility index (Phi) is 10.3. The summed E-state index contributed by atoms with van der Waals surface area (Å²) in [6.45, 7) is 4.36. The van der Waals surface area contributed by atoms with Gasteiger partial charge in [0.1, 0.15) is 6.10 Å². The Morgan fingerprint density at radius 2 is 1.60 bits per heavy atom. The first-order valence-corrected chi connectivity index (χ1v) is 13.8. The van der Waals surface area contributed by atoms with Crippen molar-refractivity contribution in [1.29, 1.82) is 0 Å². The van der Waals surface area contributed by atoms with Gasteiger partial charge in [-0.15, -0.1) is 0 Å². The predicted molar refractivity (Wildman–Crippen MR) is 159 cm³/mol. The number of benzene rings is 3. The highest BCUT2D eigenvalue weighted by molar-refractivity contribution is 5.99. The van der Waals surface area contributed by atoms with Crippen molar-refractivity contribution < 1.29 is 33.3 Å². The largest absolute Gasteiger partial charge is 0.493 e. The van der Waals surface area contributed by atoms with Gasteiger partial charge in [-0.1, -0.05) is 79.7 Å². The molecule has 0 aliphatic rings. The minimum absolute atomic E-state index is 0.0207. The Labute approximate surface area is 245 Å². The third kappa shape index (κ3) is 7.72. The summed E-state index contributed by atoms with van der Waals surface area (Å²) in [4.78, 5) is 41.7. The molecule has 4 rings (SSSR count). The Balaban J connectivity index is 1.47. The van der Waals surface area contributed by atoms with E-state index in [0.717, 1.165) is 16.5 Å². The lowest BCUT2D eigenvalue weighted by Crippen LogP contribution is -2.28. The summed E-state index contributed by atoms with van der Waals surface area (Å²) in [5.41, 5.74) is 2.18. The van der Waals surface area contributed by atoms with Crippen LogP contribution in [0.1, 0.15) is 54.7 Å². The number of carbonyl (C=O) groups excluding carboxylic acids is 3. The average molecular weight is 570 g/mol. The number of carbonyl (C=O) groups is 3. The van der Waals surface area contributed by atoms with Crippen LogP contribution in [0.25, 0.3) is 10.8 Å². The molecular formula is C34H35NO7. The third-order valence-electron chi connectivity index (χ3n) is 7.08. The summed E-state index contributed by atoms with van der Waals surface area (Å²) in [7, 11) is 1.42. The maximum Gasteiger partial charge on any atom is 0.309 e. The Hall–Kier alpha value is -4.72. The van der Waals surface area contributed by atoms with Gasteiger partial charge in [-0.3, -0.25) is 14.4 Å². The van der Waals surface area contributed by atoms with E-state index in [0.29, 0.717) is 6.42 Å². The predicted octanol–water partition coefficient (Wildman–Crippen LogP) is 6.31. The summed E-state index contributed by atoms with van der Waals surface area (Å²) in [5.74, 6) is -2.00. The molecule has 3 atom stereocenters. The molecule has 3 aromatic carbocycles. The lowest BCUT2D eigenvalue weighted by atomic mass is 9.87. The Bertz CT molecular complexity index is 1540. The maximum atomic E-state index is 13.2. The smallest absolute Gasteiger partial charge is 0.309 e. The number of pyridine rings is 1. The van der Waals surface area contributed by atoms with Crippen LogP contribution in [0.5, 0.6) is 11.5 Å². The fraction of sp³-hybridized carbons (Fsp3) is 0.294. The fourth-order valence-electron chi connectivity index (χ4n) is 4.82. The van der Waals surface area contributed by atoms with Crippen molar-refractivity contribution in [2.75, 3.05) is 13.9 Å². The van der Waals surface area contributed by atoms with Gasteiger partial charge in [0.05, 0.1) is 13.0 Å². The first-order chi connectivity index (χ1) is 20.3. The quantitative estimate of drug-likeness (QED) is 0.105. The molecular weight excluding hydrogens is 534 g/mol. The van der Waals surface area contributed by atoms with E-state index >= 15 is 0 Å². The molecule has 0 radical (unpaired) electrons. The minimum Gasteiger partial charge on any atom is -0.493 e. The molecule has 0 unspecified atom stereocenters. The third-order valence-corrected chi connectivity index (χ3v) is 7.08. The molecule has 0 aliphatic carbocycles. The number of ketones is 1. The maximum absolute atomic E-state index is 13.2. The number of esters is 2. The zero-order valence-electron chi connectivity index (χ0n) is 24.2. The van der Waals surface area contributed by atoms with Gasteiger partial charge in [0, 0.05) is 31.5 Å². The van der Waals surface area contributed by atoms with E-state index in [1.165, 1.54) is 31.7 Å². The number of rotatable bonds is 13. The molecule has 42 heavy (non-hydrogen) atoms. The van der Waals surface area contributed by atoms with Crippen molar-refractivity contribution in [3.05, 3.63) is 102 Å². The number of nitrogens with zero attached hydrogens (tertiary/aromatic N) is 1. The SMILES string of the molecule is COc1ccnc(C(=O)C[C@@H](C)C(=O)O[C@@H](C)[C@H](Cc2ccc3ccccc3c2)c2ccccc2)c1OCOC(C)=O. The monoisotopic (exact) mass is 569 g/mol. The summed E-state index contributed by atoms with van der Waals surface area (Å²) in [5, 5.41) is 2.32. The number of aromatic nitrogens is 1. The van der Waals surface area contributed by atoms with Crippen LogP contribution >= 0.6 is 0 Å². The fourth-order valence-corrected chi connectivity index (χ4v) is 4.82. The molecule has 0 saturated carbocycles. The van der Waals surface area contributed by atoms with Crippen molar-refractivity contribution in [3.8, 4) is 11.5 Å². The molecule has 1 heterocycles. The lowest BCUT2D eigenvalue weighted by Gasteiger charge is -2.26. The molecule has 218 valence electrons. The van der Waals surface area contributed by atoms with E-state index in [1.54, 1.807) is 6.92 Å². The van der Waals surface area contributed by atoms with Gasteiger partial charge in [0.15, 0.2) is 23.0 Å². The topological polar surface area (TPSA) is 101 Å². The zero-order valence-corrected chi connectivity index (χ0v) is 24.2. The van der Waals surface area contributed by atoms with Crippen LogP contribution in [0, 0.1) is 5.92 Å². The van der Waals surface area contributed by atoms with Gasteiger partial charge < -0.3 is 18.9 Å². The summed E-state index contributed by atoms with van der Waals surface area (Å²) >= 11 is 0. The second kappa shape index (κ2) is 14.3. The zero-order chi connectivity index (χ0) is 30.1. The van der Waals surface area contributed by atoms with Crippen LogP contribution in [0.4, 0.5) is 0 Å². The van der Waals surface area contributed by atoms with E-state index in [4.69, 9.17) is 18.9 Å². The van der Waals surface area contributed by atoms with Crippen molar-refractivity contribution in [2.24, 2.45) is 5.92 Å². The minimum atomic E-state index is -0.744. The second-order valence-corrected chi connectivity index (χ2v) is 10.2. The van der Waals surface area contributed by atoms with Gasteiger partial charge in [-0.25, -0.2) is 4.98 Å². The summed E-state index contributed by atoms with van der Waals surface area (Å²) < 4.78 is 21.6. The highest BCUT2D eigenvalue weighted by Crippen LogP contribution is 2.32. The number of hydrogen-bond donors (Lipinski definition) is 0. The standard InChI is InChI=1S/C34H35NO7/c1-22(18-30(37)32-33(41-21-40-24(3)36)31(39-4)16-17-35-32)34(38)42-23(2)29(27-11-6-5-7-12-27)20-25-14-15-26-10-8-9-13-28(26)19-25/h5-17,19,22-23,29H,18,20-21H2,1-4H3/t22-,23+,29+/m1/s1. The Morgan fingerprint density at radius 1 is 0.881 bits per heavy atom. The first-order valence-electron chi connectivity index (χ1n) is 13.8. The molecule has 0 saturated heterocycles. The van der Waals surface area contributed by atoms with Crippen LogP contribution in [0.2, 0.25) is 0 Å². The summed E-state index contributed by atoms with van der Waals surface area (Å²) in [6.07, 6.45) is 1.47. The molecule has 0 aliphatic heterocycles. The average Bonchev–Trinajstić information content (AvgIpc) is 2.99. The molecule has 0 amide bonds. The van der Waals surface area contributed by atoms with E-state index in [1.807, 2.05) is 49.4 Å². The number of ether oxygens (including phenoxy) is 4. The molecule has 8 nitrogen and oxygen atoms in total. The van der Waals surface area contributed by atoms with Crippen molar-refractivity contribution in [1.82, 2.24) is 4.98 Å². The normalized spacial score (nSPS) is 13.0. The van der Waals surface area contributed by atoms with Crippen molar-refractivity contribution in [2.45, 2.75) is 45.6 Å². The number of hydrogen-bond acceptors (Lipinski definition) is 8. The molecule has 1 aromatic heterocycles. The highest BCUT2D eigenvalue weighted by Gasteiger charge is 2.29. The Morgan fingerprint density at radius 3 is 2.31 bits per heavy atom. The molecule has 0 fully saturated rings. The second-order valence-electron chi connectivity index (χ2n) is 10.2. The lowest BCUT2D eigenvalue weighted by molar-refractivity contribution is -0.153. The number of fused-ring (bicyclic) bond motifs is 1. The van der Waals surface area contributed by atoms with E-state index < -0.39 is 36.5 Å². The van der Waals surface area contributed by atoms with E-state index in [2.05, 4.69) is 35.3 Å². The molecule has 0 N–H and O–H groups in total. The molecule has 8 heteroatoms. The molecule has 0 bridgehead atoms. The highest BCUT2D eigenvalue weighted by atomic mass is 16.7. The van der Waals surface area contributed by atoms with Gasteiger partial charge in [0.2, 0.25) is 6.79 Å². The first kappa shape index (κ1) is 30.2. The van der Waals surface area contributed by atoms with E-state index in [9.17, 15) is 14.4 Å². The van der Waals surface area contributed by atoms with Gasteiger partial charge in [-0.05, 0) is 35.2 Å². The van der Waals surface area contributed by atoms with Crippen LogP contribution < -0.4 is 9.47 Å². The number of Topliss-reactive ketones (excluding diaryl/α,β-unsaturated/α-hetero) is 1. The van der Waals surface area contributed by atoms with Crippen LogP contribution in [-0.4, -0.2) is 42.7 Å². The number of methoxy groups -OCH3 is 1. The van der Waals surface area contributed by atoms with Crippen LogP contribution in [0.15, 0.2) is 85.1 Å². The van der Waals surface area contributed by atoms with Crippen molar-refractivity contribution in [3.63, 3.8) is 0 Å². The van der Waals surface area contributed by atoms with E-state index in [-0.39, 0.29) is 29.5 Å². The van der Waals surface area contributed by atoms with Gasteiger partial charge in [-0.2, -0.15) is 0 Å². The van der Waals surface area contributed by atoms with Crippen molar-refractivity contribution >= 4 is 28.5 Å².